The number of rotatable bonds is 8. The van der Waals surface area contributed by atoms with E-state index in [9.17, 15) is 5.26 Å². The van der Waals surface area contributed by atoms with E-state index >= 15 is 0 Å². The van der Waals surface area contributed by atoms with E-state index in [-0.39, 0.29) is 6.04 Å². The van der Waals surface area contributed by atoms with Crippen molar-refractivity contribution in [1.82, 2.24) is 5.32 Å². The van der Waals surface area contributed by atoms with Crippen LogP contribution in [-0.2, 0) is 6.42 Å². The molecule has 1 fully saturated rings. The minimum absolute atomic E-state index is 0.279. The molecule has 1 saturated carbocycles. The highest BCUT2D eigenvalue weighted by Gasteiger charge is 2.46. The van der Waals surface area contributed by atoms with E-state index < -0.39 is 5.54 Å². The molecule has 0 saturated heterocycles. The number of nitrogens with one attached hydrogen (secondary N) is 1. The third kappa shape index (κ3) is 4.22. The average molecular weight is 286 g/mol. The maximum atomic E-state index is 9.64. The molecular weight excluding hydrogens is 260 g/mol. The van der Waals surface area contributed by atoms with Crippen LogP contribution in [0.25, 0.3) is 0 Å². The monoisotopic (exact) mass is 286 g/mol. The van der Waals surface area contributed by atoms with Crippen LogP contribution in [0.1, 0.15) is 45.6 Å². The molecule has 1 aromatic rings. The Hall–Kier alpha value is -1.53. The fraction of sp³-hybridized carbons (Fsp3) is 0.611. The third-order valence-corrected chi connectivity index (χ3v) is 3.95. The highest BCUT2D eigenvalue weighted by Crippen LogP contribution is 2.40. The number of nitrogens with zero attached hydrogens (tertiary/aromatic N) is 1. The van der Waals surface area contributed by atoms with E-state index in [4.69, 9.17) is 4.74 Å². The smallest absolute Gasteiger partial charge is 0.144 e. The fourth-order valence-corrected chi connectivity index (χ4v) is 2.76. The number of benzene rings is 1. The number of nitriles is 1. The van der Waals surface area contributed by atoms with Gasteiger partial charge in [0.1, 0.15) is 17.9 Å². The van der Waals surface area contributed by atoms with Gasteiger partial charge in [-0.1, -0.05) is 25.5 Å². The second-order valence-corrected chi connectivity index (χ2v) is 6.34. The summed E-state index contributed by atoms with van der Waals surface area (Å²) in [5, 5.41) is 13.1. The van der Waals surface area contributed by atoms with Crippen molar-refractivity contribution < 1.29 is 4.74 Å². The van der Waals surface area contributed by atoms with Crippen molar-refractivity contribution in [2.24, 2.45) is 5.92 Å². The molecule has 3 nitrogen and oxygen atoms in total. The van der Waals surface area contributed by atoms with E-state index in [1.54, 1.807) is 0 Å². The molecule has 0 aromatic heterocycles. The number of hydrogen-bond acceptors (Lipinski definition) is 3. The van der Waals surface area contributed by atoms with Crippen LogP contribution in [0.5, 0.6) is 5.75 Å². The molecule has 1 atom stereocenters. The van der Waals surface area contributed by atoms with Crippen LogP contribution in [0, 0.1) is 17.2 Å². The van der Waals surface area contributed by atoms with Crippen molar-refractivity contribution in [3.05, 3.63) is 29.8 Å². The van der Waals surface area contributed by atoms with Crippen LogP contribution < -0.4 is 10.1 Å². The Morgan fingerprint density at radius 3 is 2.48 bits per heavy atom. The summed E-state index contributed by atoms with van der Waals surface area (Å²) in [6.45, 7) is 6.75. The molecule has 2 rings (SSSR count). The predicted molar refractivity (Wildman–Crippen MR) is 85.3 cm³/mol. The van der Waals surface area contributed by atoms with E-state index in [2.05, 4.69) is 44.3 Å². The molecule has 114 valence electrons. The molecule has 3 heteroatoms. The topological polar surface area (TPSA) is 45.0 Å². The summed E-state index contributed by atoms with van der Waals surface area (Å²) in [5.41, 5.74) is 0.787. The predicted octanol–water partition coefficient (Wildman–Crippen LogP) is 3.69. The van der Waals surface area contributed by atoms with Gasteiger partial charge in [-0.15, -0.1) is 0 Å². The van der Waals surface area contributed by atoms with Gasteiger partial charge in [0.05, 0.1) is 6.07 Å². The van der Waals surface area contributed by atoms with Crippen molar-refractivity contribution in [3.8, 4) is 11.8 Å². The zero-order chi connectivity index (χ0) is 15.3. The molecule has 1 aromatic carbocycles. The van der Waals surface area contributed by atoms with Gasteiger partial charge in [-0.2, -0.15) is 5.26 Å². The summed E-state index contributed by atoms with van der Waals surface area (Å²) in [4.78, 5) is 0. The molecule has 1 aliphatic carbocycles. The van der Waals surface area contributed by atoms with Crippen molar-refractivity contribution >= 4 is 0 Å². The Bertz CT molecular complexity index is 485. The molecule has 0 spiro atoms. The Morgan fingerprint density at radius 2 is 2.00 bits per heavy atom. The van der Waals surface area contributed by atoms with E-state index in [1.807, 2.05) is 12.1 Å². The summed E-state index contributed by atoms with van der Waals surface area (Å²) in [6, 6.07) is 11.0. The lowest BCUT2D eigenvalue weighted by molar-refractivity contribution is 0.192. The lowest BCUT2D eigenvalue weighted by Gasteiger charge is -2.30. The summed E-state index contributed by atoms with van der Waals surface area (Å²) in [5.74, 6) is 1.27. The lowest BCUT2D eigenvalue weighted by atomic mass is 9.95. The number of aryl methyl sites for hydroxylation is 1. The van der Waals surface area contributed by atoms with Gasteiger partial charge in [0, 0.05) is 6.04 Å². The molecule has 1 aliphatic rings. The van der Waals surface area contributed by atoms with E-state index in [1.165, 1.54) is 5.56 Å². The van der Waals surface area contributed by atoms with E-state index in [0.717, 1.165) is 31.4 Å². The quantitative estimate of drug-likeness (QED) is 0.792. The van der Waals surface area contributed by atoms with Crippen LogP contribution in [0.3, 0.4) is 0 Å². The van der Waals surface area contributed by atoms with Gasteiger partial charge in [-0.3, -0.25) is 5.32 Å². The molecule has 1 unspecified atom stereocenters. The molecule has 0 radical (unpaired) electrons. The maximum absolute atomic E-state index is 9.64. The Labute approximate surface area is 128 Å². The second-order valence-electron chi connectivity index (χ2n) is 6.34. The molecule has 0 heterocycles. The summed E-state index contributed by atoms with van der Waals surface area (Å²) < 4.78 is 5.91. The summed E-state index contributed by atoms with van der Waals surface area (Å²) >= 11 is 0. The highest BCUT2D eigenvalue weighted by molar-refractivity contribution is 5.28. The fourth-order valence-electron chi connectivity index (χ4n) is 2.76. The molecular formula is C18H26N2O. The molecule has 0 amide bonds. The van der Waals surface area contributed by atoms with Gasteiger partial charge in [0.15, 0.2) is 0 Å². The van der Waals surface area contributed by atoms with Crippen LogP contribution >= 0.6 is 0 Å². The number of hydrogen-bond donors (Lipinski definition) is 1. The van der Waals surface area contributed by atoms with E-state index in [0.29, 0.717) is 12.5 Å². The van der Waals surface area contributed by atoms with Gasteiger partial charge >= 0.3 is 0 Å². The van der Waals surface area contributed by atoms with Crippen LogP contribution in [-0.4, -0.2) is 18.2 Å². The largest absolute Gasteiger partial charge is 0.491 e. The van der Waals surface area contributed by atoms with Gasteiger partial charge < -0.3 is 4.74 Å². The van der Waals surface area contributed by atoms with Crippen molar-refractivity contribution in [2.45, 2.75) is 58.0 Å². The SMILES string of the molecule is CCCc1ccc(OCC(C#N)(NC(C)C)C2CC2)cc1. The highest BCUT2D eigenvalue weighted by atomic mass is 16.5. The van der Waals surface area contributed by atoms with Crippen molar-refractivity contribution in [1.29, 1.82) is 5.26 Å². The number of ether oxygens (including phenoxy) is 1. The van der Waals surface area contributed by atoms with Crippen LogP contribution in [0.4, 0.5) is 0 Å². The van der Waals surface area contributed by atoms with Crippen LogP contribution in [0.2, 0.25) is 0 Å². The summed E-state index contributed by atoms with van der Waals surface area (Å²) in [6.07, 6.45) is 4.48. The van der Waals surface area contributed by atoms with Gasteiger partial charge in [0.25, 0.3) is 0 Å². The molecule has 0 bridgehead atoms. The molecule has 21 heavy (non-hydrogen) atoms. The van der Waals surface area contributed by atoms with Gasteiger partial charge in [-0.05, 0) is 56.7 Å². The first kappa shape index (κ1) is 15.9. The molecule has 1 N–H and O–H groups in total. The first-order chi connectivity index (χ1) is 10.1. The van der Waals surface area contributed by atoms with Gasteiger partial charge in [-0.25, -0.2) is 0 Å². The normalized spacial score (nSPS) is 17.3. The summed E-state index contributed by atoms with van der Waals surface area (Å²) in [7, 11) is 0. The Kier molecular flexibility index (Phi) is 5.25. The Balaban J connectivity index is 1.99. The van der Waals surface area contributed by atoms with Crippen molar-refractivity contribution in [3.63, 3.8) is 0 Å². The minimum Gasteiger partial charge on any atom is -0.491 e. The lowest BCUT2D eigenvalue weighted by Crippen LogP contribution is -2.53. The standard InChI is InChI=1S/C18H26N2O/c1-4-5-15-6-10-17(11-7-15)21-13-18(12-19,16-8-9-16)20-14(2)3/h6-7,10-11,14,16,20H,4-5,8-9,13H2,1-3H3. The Morgan fingerprint density at radius 1 is 1.33 bits per heavy atom. The zero-order valence-electron chi connectivity index (χ0n) is 13.4. The first-order valence-electron chi connectivity index (χ1n) is 8.00. The minimum atomic E-state index is -0.545. The second kappa shape index (κ2) is 6.95. The van der Waals surface area contributed by atoms with Crippen molar-refractivity contribution in [2.75, 3.05) is 6.61 Å². The van der Waals surface area contributed by atoms with Gasteiger partial charge in [0.2, 0.25) is 0 Å². The third-order valence-electron chi connectivity index (χ3n) is 3.95. The van der Waals surface area contributed by atoms with Crippen LogP contribution in [0.15, 0.2) is 24.3 Å². The average Bonchev–Trinajstić information content (AvgIpc) is 3.30. The zero-order valence-corrected chi connectivity index (χ0v) is 13.4. The molecule has 0 aliphatic heterocycles. The first-order valence-corrected chi connectivity index (χ1v) is 8.00. The maximum Gasteiger partial charge on any atom is 0.144 e.